The van der Waals surface area contributed by atoms with Gasteiger partial charge in [0, 0.05) is 13.2 Å². The zero-order valence-corrected chi connectivity index (χ0v) is 10.9. The van der Waals surface area contributed by atoms with Crippen LogP contribution in [-0.2, 0) is 18.4 Å². The highest BCUT2D eigenvalue weighted by Crippen LogP contribution is 2.14. The van der Waals surface area contributed by atoms with Crippen LogP contribution in [0.25, 0.3) is 11.5 Å². The summed E-state index contributed by atoms with van der Waals surface area (Å²) in [6.07, 6.45) is 4.19. The summed E-state index contributed by atoms with van der Waals surface area (Å²) in [5.74, 6) is 1.00. The molecule has 0 aliphatic carbocycles. The molecule has 7 nitrogen and oxygen atoms in total. The minimum absolute atomic E-state index is 0.284. The van der Waals surface area contributed by atoms with E-state index in [0.29, 0.717) is 24.0 Å². The maximum atomic E-state index is 5.76. The van der Waals surface area contributed by atoms with Gasteiger partial charge in [0.1, 0.15) is 12.3 Å². The fourth-order valence-electron chi connectivity index (χ4n) is 2.10. The van der Waals surface area contributed by atoms with Crippen LogP contribution in [0.15, 0.2) is 16.8 Å². The number of nitrogens with zero attached hydrogens (tertiary/aromatic N) is 4. The van der Waals surface area contributed by atoms with Crippen molar-refractivity contribution in [2.45, 2.75) is 25.6 Å². The van der Waals surface area contributed by atoms with E-state index in [0.717, 1.165) is 25.9 Å². The van der Waals surface area contributed by atoms with Gasteiger partial charge in [-0.3, -0.25) is 4.68 Å². The van der Waals surface area contributed by atoms with Crippen molar-refractivity contribution in [3.05, 3.63) is 18.2 Å². The second-order valence-electron chi connectivity index (χ2n) is 4.65. The summed E-state index contributed by atoms with van der Waals surface area (Å²) in [4.78, 5) is 4.28. The number of ether oxygens (including phenoxy) is 1. The number of hydrogen-bond donors (Lipinski definition) is 1. The molecule has 1 aliphatic heterocycles. The predicted octanol–water partition coefficient (Wildman–Crippen LogP) is 0.739. The molecule has 0 spiro atoms. The maximum Gasteiger partial charge on any atom is 0.253 e. The van der Waals surface area contributed by atoms with E-state index in [1.54, 1.807) is 4.68 Å². The van der Waals surface area contributed by atoms with Crippen LogP contribution < -0.4 is 5.32 Å². The van der Waals surface area contributed by atoms with Gasteiger partial charge in [-0.25, -0.2) is 0 Å². The molecule has 0 radical (unpaired) electrons. The van der Waals surface area contributed by atoms with Gasteiger partial charge in [-0.1, -0.05) is 5.16 Å². The molecule has 3 heterocycles. The standard InChI is InChI=1S/C12H17N5O2/c1-17-7-4-10(15-17)12-14-11(19-16-12)8-18-9-2-5-13-6-3-9/h4,7,9,13H,2-3,5-6,8H2,1H3. The number of nitrogens with one attached hydrogen (secondary N) is 1. The first-order valence-corrected chi connectivity index (χ1v) is 6.46. The lowest BCUT2D eigenvalue weighted by Crippen LogP contribution is -2.32. The molecule has 0 bridgehead atoms. The molecule has 102 valence electrons. The third kappa shape index (κ3) is 2.99. The minimum atomic E-state index is 0.284. The summed E-state index contributed by atoms with van der Waals surface area (Å²) < 4.78 is 12.6. The molecule has 2 aromatic rings. The third-order valence-corrected chi connectivity index (χ3v) is 3.14. The average molecular weight is 263 g/mol. The maximum absolute atomic E-state index is 5.76. The first kappa shape index (κ1) is 12.3. The van der Waals surface area contributed by atoms with Crippen molar-refractivity contribution in [2.75, 3.05) is 13.1 Å². The van der Waals surface area contributed by atoms with E-state index in [2.05, 4.69) is 20.6 Å². The lowest BCUT2D eigenvalue weighted by molar-refractivity contribution is 0.00859. The van der Waals surface area contributed by atoms with Gasteiger partial charge < -0.3 is 14.6 Å². The van der Waals surface area contributed by atoms with Gasteiger partial charge in [-0.05, 0) is 32.0 Å². The quantitative estimate of drug-likeness (QED) is 0.876. The molecule has 0 saturated carbocycles. The number of hydrogen-bond acceptors (Lipinski definition) is 6. The zero-order chi connectivity index (χ0) is 13.1. The van der Waals surface area contributed by atoms with Crippen molar-refractivity contribution < 1.29 is 9.26 Å². The lowest BCUT2D eigenvalue weighted by Gasteiger charge is -2.21. The van der Waals surface area contributed by atoms with E-state index in [9.17, 15) is 0 Å². The normalized spacial score (nSPS) is 16.9. The van der Waals surface area contributed by atoms with Crippen molar-refractivity contribution in [3.63, 3.8) is 0 Å². The Labute approximate surface area is 110 Å². The van der Waals surface area contributed by atoms with Crippen LogP contribution in [0.4, 0.5) is 0 Å². The van der Waals surface area contributed by atoms with Gasteiger partial charge >= 0.3 is 0 Å². The fraction of sp³-hybridized carbons (Fsp3) is 0.583. The van der Waals surface area contributed by atoms with Gasteiger partial charge in [0.05, 0.1) is 6.10 Å². The van der Waals surface area contributed by atoms with Gasteiger partial charge in [0.25, 0.3) is 5.89 Å². The Hall–Kier alpha value is -1.73. The van der Waals surface area contributed by atoms with E-state index in [1.165, 1.54) is 0 Å². The van der Waals surface area contributed by atoms with E-state index >= 15 is 0 Å². The first-order chi connectivity index (χ1) is 9.31. The molecule has 7 heteroatoms. The molecular weight excluding hydrogens is 246 g/mol. The lowest BCUT2D eigenvalue weighted by atomic mass is 10.1. The Bertz CT molecular complexity index is 530. The SMILES string of the molecule is Cn1ccc(-c2noc(COC3CCNCC3)n2)n1. The molecule has 1 fully saturated rings. The van der Waals surface area contributed by atoms with Crippen molar-refractivity contribution in [2.24, 2.45) is 7.05 Å². The summed E-state index contributed by atoms with van der Waals surface area (Å²) >= 11 is 0. The van der Waals surface area contributed by atoms with Crippen LogP contribution >= 0.6 is 0 Å². The Morgan fingerprint density at radius 3 is 3.05 bits per heavy atom. The number of aryl methyl sites for hydroxylation is 1. The predicted molar refractivity (Wildman–Crippen MR) is 67.2 cm³/mol. The highest BCUT2D eigenvalue weighted by Gasteiger charge is 2.16. The molecule has 3 rings (SSSR count). The van der Waals surface area contributed by atoms with Crippen LogP contribution in [0.3, 0.4) is 0 Å². The smallest absolute Gasteiger partial charge is 0.253 e. The Kier molecular flexibility index (Phi) is 3.56. The molecule has 0 unspecified atom stereocenters. The van der Waals surface area contributed by atoms with Crippen LogP contribution in [0.1, 0.15) is 18.7 Å². The van der Waals surface area contributed by atoms with E-state index in [4.69, 9.17) is 9.26 Å². The van der Waals surface area contributed by atoms with Gasteiger partial charge in [0.2, 0.25) is 5.82 Å². The summed E-state index contributed by atoms with van der Waals surface area (Å²) in [6.45, 7) is 2.38. The second kappa shape index (κ2) is 5.50. The average Bonchev–Trinajstić information content (AvgIpc) is 3.06. The van der Waals surface area contributed by atoms with Crippen LogP contribution in [-0.4, -0.2) is 39.1 Å². The summed E-state index contributed by atoms with van der Waals surface area (Å²) in [6, 6.07) is 1.85. The molecule has 0 aromatic carbocycles. The topological polar surface area (TPSA) is 78.0 Å². The number of rotatable bonds is 4. The second-order valence-corrected chi connectivity index (χ2v) is 4.65. The van der Waals surface area contributed by atoms with E-state index in [1.807, 2.05) is 19.3 Å². The van der Waals surface area contributed by atoms with Crippen molar-refractivity contribution >= 4 is 0 Å². The van der Waals surface area contributed by atoms with Crippen molar-refractivity contribution in [1.29, 1.82) is 0 Å². The molecular formula is C12H17N5O2. The molecule has 0 atom stereocenters. The van der Waals surface area contributed by atoms with Crippen LogP contribution in [0, 0.1) is 0 Å². The Balaban J connectivity index is 1.58. The number of piperidine rings is 1. The molecule has 2 aromatic heterocycles. The summed E-state index contributed by atoms with van der Waals surface area (Å²) in [7, 11) is 1.85. The van der Waals surface area contributed by atoms with E-state index < -0.39 is 0 Å². The van der Waals surface area contributed by atoms with Crippen molar-refractivity contribution in [1.82, 2.24) is 25.2 Å². The molecule has 1 saturated heterocycles. The molecule has 0 amide bonds. The monoisotopic (exact) mass is 263 g/mol. The fourth-order valence-corrected chi connectivity index (χ4v) is 2.10. The summed E-state index contributed by atoms with van der Waals surface area (Å²) in [5, 5.41) is 11.4. The first-order valence-electron chi connectivity index (χ1n) is 6.46. The van der Waals surface area contributed by atoms with Gasteiger partial charge in [-0.2, -0.15) is 10.1 Å². The summed E-state index contributed by atoms with van der Waals surface area (Å²) in [5.41, 5.74) is 0.708. The highest BCUT2D eigenvalue weighted by molar-refractivity contribution is 5.46. The van der Waals surface area contributed by atoms with Crippen LogP contribution in [0.2, 0.25) is 0 Å². The zero-order valence-electron chi connectivity index (χ0n) is 10.9. The van der Waals surface area contributed by atoms with Gasteiger partial charge in [-0.15, -0.1) is 0 Å². The number of aromatic nitrogens is 4. The highest BCUT2D eigenvalue weighted by atomic mass is 16.5. The van der Waals surface area contributed by atoms with Crippen LogP contribution in [0.5, 0.6) is 0 Å². The third-order valence-electron chi connectivity index (χ3n) is 3.14. The van der Waals surface area contributed by atoms with E-state index in [-0.39, 0.29) is 6.10 Å². The Morgan fingerprint density at radius 2 is 2.32 bits per heavy atom. The largest absolute Gasteiger partial charge is 0.368 e. The Morgan fingerprint density at radius 1 is 1.47 bits per heavy atom. The van der Waals surface area contributed by atoms with Gasteiger partial charge in [0.15, 0.2) is 0 Å². The molecule has 19 heavy (non-hydrogen) atoms. The molecule has 1 aliphatic rings. The molecule has 1 N–H and O–H groups in total. The van der Waals surface area contributed by atoms with Crippen molar-refractivity contribution in [3.8, 4) is 11.5 Å². The minimum Gasteiger partial charge on any atom is -0.368 e.